The van der Waals surface area contributed by atoms with Crippen LogP contribution < -0.4 is 10.6 Å². The van der Waals surface area contributed by atoms with E-state index >= 15 is 0 Å². The molecule has 20 heavy (non-hydrogen) atoms. The van der Waals surface area contributed by atoms with Gasteiger partial charge in [0.05, 0.1) is 10.7 Å². The minimum absolute atomic E-state index is 0.106. The molecule has 0 fully saturated rings. The van der Waals surface area contributed by atoms with E-state index in [1.165, 1.54) is 0 Å². The molecule has 1 aromatic rings. The number of carbonyl (C=O) groups excluding carboxylic acids is 1. The number of amides is 2. The number of nitrogens with one attached hydrogen (secondary N) is 2. The number of para-hydroxylation sites is 1. The van der Waals surface area contributed by atoms with Gasteiger partial charge in [-0.05, 0) is 37.8 Å². The van der Waals surface area contributed by atoms with E-state index in [1.54, 1.807) is 18.2 Å². The molecule has 2 amide bonds. The van der Waals surface area contributed by atoms with E-state index in [1.807, 2.05) is 13.8 Å². The maximum Gasteiger partial charge on any atom is 0.319 e. The number of rotatable bonds is 3. The number of benzene rings is 1. The number of phenols is 1. The van der Waals surface area contributed by atoms with E-state index < -0.39 is 0 Å². The number of anilines is 1. The van der Waals surface area contributed by atoms with Gasteiger partial charge in [0.15, 0.2) is 5.75 Å². The van der Waals surface area contributed by atoms with E-state index in [2.05, 4.69) is 31.4 Å². The summed E-state index contributed by atoms with van der Waals surface area (Å²) in [4.78, 5) is 12.0. The lowest BCUT2D eigenvalue weighted by atomic mass is 9.82. The highest BCUT2D eigenvalue weighted by Crippen LogP contribution is 2.31. The quantitative estimate of drug-likeness (QED) is 0.725. The molecule has 4 nitrogen and oxygen atoms in total. The van der Waals surface area contributed by atoms with Crippen molar-refractivity contribution in [2.75, 3.05) is 5.32 Å². The Bertz CT molecular complexity index is 493. The second kappa shape index (κ2) is 5.92. The molecule has 3 N–H and O–H groups in total. The molecule has 0 spiro atoms. The summed E-state index contributed by atoms with van der Waals surface area (Å²) in [6.07, 6.45) is 0.828. The molecule has 112 valence electrons. The molecule has 0 aromatic heterocycles. The van der Waals surface area contributed by atoms with Crippen molar-refractivity contribution >= 4 is 23.3 Å². The van der Waals surface area contributed by atoms with E-state index in [0.717, 1.165) is 6.42 Å². The second-order valence-corrected chi connectivity index (χ2v) is 7.24. The molecule has 1 rings (SSSR count). The average molecular weight is 299 g/mol. The molecule has 0 atom stereocenters. The van der Waals surface area contributed by atoms with E-state index in [-0.39, 0.29) is 27.8 Å². The molecule has 0 saturated heterocycles. The first kappa shape index (κ1) is 16.6. The van der Waals surface area contributed by atoms with Crippen LogP contribution in [-0.2, 0) is 0 Å². The van der Waals surface area contributed by atoms with Crippen molar-refractivity contribution in [1.82, 2.24) is 5.32 Å². The Morgan fingerprint density at radius 3 is 2.40 bits per heavy atom. The van der Waals surface area contributed by atoms with Gasteiger partial charge < -0.3 is 15.7 Å². The fourth-order valence-corrected chi connectivity index (χ4v) is 2.62. The maximum atomic E-state index is 12.0. The standard InChI is InChI=1S/C15H23ClN2O2/c1-14(2,3)9-15(4,5)18-13(20)17-11-8-6-7-10(16)12(11)19/h6-8,19H,9H2,1-5H3,(H2,17,18,20). The van der Waals surface area contributed by atoms with Crippen molar-refractivity contribution in [2.45, 2.75) is 46.6 Å². The summed E-state index contributed by atoms with van der Waals surface area (Å²) < 4.78 is 0. The zero-order valence-corrected chi connectivity index (χ0v) is 13.4. The zero-order valence-electron chi connectivity index (χ0n) is 12.7. The Hall–Kier alpha value is -1.42. The molecule has 1 aromatic carbocycles. The van der Waals surface area contributed by atoms with Crippen LogP contribution in [0.25, 0.3) is 0 Å². The van der Waals surface area contributed by atoms with Gasteiger partial charge in [0.2, 0.25) is 0 Å². The SMILES string of the molecule is CC(C)(C)CC(C)(C)NC(=O)Nc1cccc(Cl)c1O. The summed E-state index contributed by atoms with van der Waals surface area (Å²) in [6, 6.07) is 4.45. The lowest BCUT2D eigenvalue weighted by Crippen LogP contribution is -2.47. The summed E-state index contributed by atoms with van der Waals surface area (Å²) >= 11 is 5.80. The van der Waals surface area contributed by atoms with Crippen LogP contribution in [0, 0.1) is 5.41 Å². The molecular formula is C15H23ClN2O2. The second-order valence-electron chi connectivity index (χ2n) is 6.84. The molecule has 0 heterocycles. The lowest BCUT2D eigenvalue weighted by molar-refractivity contribution is 0.220. The fraction of sp³-hybridized carbons (Fsp3) is 0.533. The molecule has 0 saturated carbocycles. The lowest BCUT2D eigenvalue weighted by Gasteiger charge is -2.33. The maximum absolute atomic E-state index is 12.0. The summed E-state index contributed by atoms with van der Waals surface area (Å²) in [7, 11) is 0. The number of phenolic OH excluding ortho intramolecular Hbond substituents is 1. The number of carbonyl (C=O) groups is 1. The Morgan fingerprint density at radius 1 is 1.25 bits per heavy atom. The monoisotopic (exact) mass is 298 g/mol. The van der Waals surface area contributed by atoms with Crippen LogP contribution in [0.1, 0.15) is 41.0 Å². The normalized spacial score (nSPS) is 12.1. The van der Waals surface area contributed by atoms with Gasteiger partial charge >= 0.3 is 6.03 Å². The third-order valence-electron chi connectivity index (χ3n) is 2.66. The van der Waals surface area contributed by atoms with Gasteiger partial charge in [-0.25, -0.2) is 4.79 Å². The summed E-state index contributed by atoms with van der Waals surface area (Å²) in [6.45, 7) is 10.3. The van der Waals surface area contributed by atoms with Crippen molar-refractivity contribution < 1.29 is 9.90 Å². The molecule has 0 bridgehead atoms. The number of halogens is 1. The molecule has 0 aliphatic heterocycles. The molecule has 0 aliphatic carbocycles. The number of hydrogen-bond donors (Lipinski definition) is 3. The van der Waals surface area contributed by atoms with Crippen LogP contribution in [0.5, 0.6) is 5.75 Å². The van der Waals surface area contributed by atoms with E-state index in [9.17, 15) is 9.90 Å². The largest absolute Gasteiger partial charge is 0.504 e. The highest BCUT2D eigenvalue weighted by Gasteiger charge is 2.27. The first-order chi connectivity index (χ1) is 9.00. The van der Waals surface area contributed by atoms with Crippen molar-refractivity contribution in [3.05, 3.63) is 23.2 Å². The number of aromatic hydroxyl groups is 1. The van der Waals surface area contributed by atoms with Crippen LogP contribution in [-0.4, -0.2) is 16.7 Å². The highest BCUT2D eigenvalue weighted by atomic mass is 35.5. The Kier molecular flexibility index (Phi) is 4.92. The fourth-order valence-electron chi connectivity index (χ4n) is 2.45. The van der Waals surface area contributed by atoms with Gasteiger partial charge in [-0.15, -0.1) is 0 Å². The van der Waals surface area contributed by atoms with Crippen LogP contribution in [0.2, 0.25) is 5.02 Å². The smallest absolute Gasteiger partial charge is 0.319 e. The number of hydrogen-bond acceptors (Lipinski definition) is 2. The van der Waals surface area contributed by atoms with Gasteiger partial charge in [0, 0.05) is 5.54 Å². The Balaban J connectivity index is 2.70. The van der Waals surface area contributed by atoms with Crippen LogP contribution >= 0.6 is 11.6 Å². The Morgan fingerprint density at radius 2 is 1.85 bits per heavy atom. The van der Waals surface area contributed by atoms with Crippen molar-refractivity contribution in [2.24, 2.45) is 5.41 Å². The van der Waals surface area contributed by atoms with Crippen molar-refractivity contribution in [1.29, 1.82) is 0 Å². The zero-order chi connectivity index (χ0) is 15.6. The molecule has 0 unspecified atom stereocenters. The highest BCUT2D eigenvalue weighted by molar-refractivity contribution is 6.32. The minimum atomic E-state index is -0.364. The van der Waals surface area contributed by atoms with E-state index in [0.29, 0.717) is 5.69 Å². The summed E-state index contributed by atoms with van der Waals surface area (Å²) in [5, 5.41) is 15.5. The van der Waals surface area contributed by atoms with Crippen LogP contribution in [0.4, 0.5) is 10.5 Å². The predicted molar refractivity (Wildman–Crippen MR) is 83.4 cm³/mol. The van der Waals surface area contributed by atoms with Gasteiger partial charge in [-0.2, -0.15) is 0 Å². The van der Waals surface area contributed by atoms with Crippen molar-refractivity contribution in [3.63, 3.8) is 0 Å². The van der Waals surface area contributed by atoms with Crippen molar-refractivity contribution in [3.8, 4) is 5.75 Å². The third kappa shape index (κ3) is 5.29. The van der Waals surface area contributed by atoms with Crippen LogP contribution in [0.3, 0.4) is 0 Å². The predicted octanol–water partition coefficient (Wildman–Crippen LogP) is 4.38. The Labute approximate surface area is 125 Å². The molecule has 0 aliphatic rings. The molecular weight excluding hydrogens is 276 g/mol. The third-order valence-corrected chi connectivity index (χ3v) is 2.96. The first-order valence-electron chi connectivity index (χ1n) is 6.57. The minimum Gasteiger partial charge on any atom is -0.504 e. The van der Waals surface area contributed by atoms with Crippen LogP contribution in [0.15, 0.2) is 18.2 Å². The molecule has 0 radical (unpaired) electrons. The average Bonchev–Trinajstić information content (AvgIpc) is 2.20. The first-order valence-corrected chi connectivity index (χ1v) is 6.95. The topological polar surface area (TPSA) is 61.4 Å². The molecule has 5 heteroatoms. The summed E-state index contributed by atoms with van der Waals surface area (Å²) in [5.41, 5.74) is 0.0486. The van der Waals surface area contributed by atoms with Gasteiger partial charge in [0.25, 0.3) is 0 Å². The number of urea groups is 1. The van der Waals surface area contributed by atoms with Gasteiger partial charge in [-0.3, -0.25) is 0 Å². The van der Waals surface area contributed by atoms with E-state index in [4.69, 9.17) is 11.6 Å². The van der Waals surface area contributed by atoms with Gasteiger partial charge in [-0.1, -0.05) is 38.4 Å². The van der Waals surface area contributed by atoms with Gasteiger partial charge in [0.1, 0.15) is 0 Å². The summed E-state index contributed by atoms with van der Waals surface area (Å²) in [5.74, 6) is -0.127.